The maximum Gasteiger partial charge on any atom is 0.234 e. The molecule has 6 heteroatoms. The standard InChI is InChI=1S/C10H18N4O2/c1-3-16-8-6-13-14(7-8)5-4-9(12-2)10(11)15/h6-7,9,12H,3-5H2,1-2H3,(H2,11,15). The van der Waals surface area contributed by atoms with E-state index < -0.39 is 0 Å². The molecule has 0 aliphatic rings. The largest absolute Gasteiger partial charge is 0.491 e. The minimum Gasteiger partial charge on any atom is -0.491 e. The molecular weight excluding hydrogens is 208 g/mol. The van der Waals surface area contributed by atoms with Gasteiger partial charge in [-0.2, -0.15) is 5.10 Å². The highest BCUT2D eigenvalue weighted by molar-refractivity contribution is 5.79. The van der Waals surface area contributed by atoms with Crippen molar-refractivity contribution in [2.75, 3.05) is 13.7 Å². The van der Waals surface area contributed by atoms with Gasteiger partial charge in [0.05, 0.1) is 25.0 Å². The number of aromatic nitrogens is 2. The number of primary amides is 1. The van der Waals surface area contributed by atoms with Crippen LogP contribution in [0.2, 0.25) is 0 Å². The number of likely N-dealkylation sites (N-methyl/N-ethyl adjacent to an activating group) is 1. The average molecular weight is 226 g/mol. The summed E-state index contributed by atoms with van der Waals surface area (Å²) in [7, 11) is 1.71. The van der Waals surface area contributed by atoms with Gasteiger partial charge in [0.2, 0.25) is 5.91 Å². The van der Waals surface area contributed by atoms with E-state index in [1.807, 2.05) is 6.92 Å². The molecule has 0 bridgehead atoms. The molecule has 1 amide bonds. The van der Waals surface area contributed by atoms with E-state index in [1.165, 1.54) is 0 Å². The van der Waals surface area contributed by atoms with Gasteiger partial charge in [-0.05, 0) is 20.4 Å². The van der Waals surface area contributed by atoms with Crippen molar-refractivity contribution < 1.29 is 9.53 Å². The molecule has 1 atom stereocenters. The second kappa shape index (κ2) is 6.12. The van der Waals surface area contributed by atoms with Crippen LogP contribution in [0.4, 0.5) is 0 Å². The van der Waals surface area contributed by atoms with Gasteiger partial charge in [0, 0.05) is 6.54 Å². The molecule has 0 aliphatic heterocycles. The lowest BCUT2D eigenvalue weighted by Crippen LogP contribution is -2.39. The van der Waals surface area contributed by atoms with Gasteiger partial charge < -0.3 is 15.8 Å². The van der Waals surface area contributed by atoms with E-state index in [4.69, 9.17) is 10.5 Å². The lowest BCUT2D eigenvalue weighted by Gasteiger charge is -2.11. The molecule has 16 heavy (non-hydrogen) atoms. The summed E-state index contributed by atoms with van der Waals surface area (Å²) >= 11 is 0. The summed E-state index contributed by atoms with van der Waals surface area (Å²) in [6.07, 6.45) is 4.07. The average Bonchev–Trinajstić information content (AvgIpc) is 2.67. The number of aryl methyl sites for hydroxylation is 1. The van der Waals surface area contributed by atoms with Crippen LogP contribution in [-0.2, 0) is 11.3 Å². The van der Waals surface area contributed by atoms with Gasteiger partial charge in [0.1, 0.15) is 0 Å². The number of hydrogen-bond acceptors (Lipinski definition) is 4. The fourth-order valence-electron chi connectivity index (χ4n) is 1.40. The fraction of sp³-hybridized carbons (Fsp3) is 0.600. The maximum absolute atomic E-state index is 11.0. The molecule has 0 saturated heterocycles. The molecule has 90 valence electrons. The number of nitrogens with one attached hydrogen (secondary N) is 1. The van der Waals surface area contributed by atoms with Crippen LogP contribution in [0.25, 0.3) is 0 Å². The molecule has 0 radical (unpaired) electrons. The number of nitrogens with two attached hydrogens (primary N) is 1. The second-order valence-corrected chi connectivity index (χ2v) is 3.40. The zero-order valence-corrected chi connectivity index (χ0v) is 9.64. The molecule has 6 nitrogen and oxygen atoms in total. The molecule has 0 fully saturated rings. The first kappa shape index (κ1) is 12.5. The first-order valence-corrected chi connectivity index (χ1v) is 5.29. The van der Waals surface area contributed by atoms with Gasteiger partial charge in [0.25, 0.3) is 0 Å². The van der Waals surface area contributed by atoms with Crippen LogP contribution in [0.5, 0.6) is 5.75 Å². The number of ether oxygens (including phenoxy) is 1. The molecule has 1 heterocycles. The third-order valence-corrected chi connectivity index (χ3v) is 2.26. The molecule has 1 aromatic rings. The van der Waals surface area contributed by atoms with Crippen LogP contribution in [0.15, 0.2) is 12.4 Å². The number of carbonyl (C=O) groups excluding carboxylic acids is 1. The number of hydrogen-bond donors (Lipinski definition) is 2. The molecular formula is C10H18N4O2. The topological polar surface area (TPSA) is 82.2 Å². The molecule has 0 spiro atoms. The van der Waals surface area contributed by atoms with Crippen molar-refractivity contribution in [2.24, 2.45) is 5.73 Å². The van der Waals surface area contributed by atoms with Gasteiger partial charge in [-0.15, -0.1) is 0 Å². The van der Waals surface area contributed by atoms with E-state index in [1.54, 1.807) is 24.1 Å². The van der Waals surface area contributed by atoms with Crippen molar-refractivity contribution >= 4 is 5.91 Å². The molecule has 3 N–H and O–H groups in total. The normalized spacial score (nSPS) is 12.4. The van der Waals surface area contributed by atoms with Crippen molar-refractivity contribution in [3.63, 3.8) is 0 Å². The summed E-state index contributed by atoms with van der Waals surface area (Å²) in [5.74, 6) is 0.391. The van der Waals surface area contributed by atoms with E-state index >= 15 is 0 Å². The number of carbonyl (C=O) groups is 1. The minimum absolute atomic E-state index is 0.320. The number of rotatable bonds is 7. The lowest BCUT2D eigenvalue weighted by molar-refractivity contribution is -0.120. The Morgan fingerprint density at radius 3 is 3.06 bits per heavy atom. The Hall–Kier alpha value is -1.56. The van der Waals surface area contributed by atoms with Gasteiger partial charge in [-0.1, -0.05) is 0 Å². The summed E-state index contributed by atoms with van der Waals surface area (Å²) in [5, 5.41) is 6.97. The molecule has 1 aromatic heterocycles. The first-order valence-electron chi connectivity index (χ1n) is 5.29. The van der Waals surface area contributed by atoms with Gasteiger partial charge in [-0.25, -0.2) is 0 Å². The van der Waals surface area contributed by atoms with Crippen molar-refractivity contribution in [1.82, 2.24) is 15.1 Å². The van der Waals surface area contributed by atoms with E-state index in [9.17, 15) is 4.79 Å². The van der Waals surface area contributed by atoms with Gasteiger partial charge in [-0.3, -0.25) is 9.48 Å². The predicted molar refractivity (Wildman–Crippen MR) is 60.1 cm³/mol. The summed E-state index contributed by atoms with van der Waals surface area (Å²) in [6, 6.07) is -0.320. The molecule has 0 saturated carbocycles. The van der Waals surface area contributed by atoms with Crippen molar-refractivity contribution in [3.05, 3.63) is 12.4 Å². The van der Waals surface area contributed by atoms with Crippen molar-refractivity contribution in [2.45, 2.75) is 25.9 Å². The Labute approximate surface area is 94.8 Å². The van der Waals surface area contributed by atoms with Crippen LogP contribution < -0.4 is 15.8 Å². The Kier molecular flexibility index (Phi) is 4.78. The summed E-state index contributed by atoms with van der Waals surface area (Å²) in [6.45, 7) is 3.16. The zero-order valence-electron chi connectivity index (χ0n) is 9.64. The Bertz CT molecular complexity index is 337. The Balaban J connectivity index is 2.44. The summed E-state index contributed by atoms with van der Waals surface area (Å²) < 4.78 is 7.01. The number of amides is 1. The minimum atomic E-state index is -0.348. The molecule has 0 aromatic carbocycles. The highest BCUT2D eigenvalue weighted by Crippen LogP contribution is 2.08. The predicted octanol–water partition coefficient (Wildman–Crippen LogP) is -0.255. The summed E-state index contributed by atoms with van der Waals surface area (Å²) in [5.41, 5.74) is 5.21. The monoisotopic (exact) mass is 226 g/mol. The fourth-order valence-corrected chi connectivity index (χ4v) is 1.40. The highest BCUT2D eigenvalue weighted by atomic mass is 16.5. The van der Waals surface area contributed by atoms with Gasteiger partial charge >= 0.3 is 0 Å². The van der Waals surface area contributed by atoms with E-state index in [2.05, 4.69) is 10.4 Å². The maximum atomic E-state index is 11.0. The third kappa shape index (κ3) is 3.54. The van der Waals surface area contributed by atoms with E-state index in [0.717, 1.165) is 5.75 Å². The first-order chi connectivity index (χ1) is 7.67. The molecule has 1 rings (SSSR count). The number of nitrogens with zero attached hydrogens (tertiary/aromatic N) is 2. The van der Waals surface area contributed by atoms with Crippen molar-refractivity contribution in [3.8, 4) is 5.75 Å². The smallest absolute Gasteiger partial charge is 0.234 e. The second-order valence-electron chi connectivity index (χ2n) is 3.40. The Morgan fingerprint density at radius 1 is 1.75 bits per heavy atom. The molecule has 1 unspecified atom stereocenters. The summed E-state index contributed by atoms with van der Waals surface area (Å²) in [4.78, 5) is 11.0. The Morgan fingerprint density at radius 2 is 2.50 bits per heavy atom. The third-order valence-electron chi connectivity index (χ3n) is 2.26. The SMILES string of the molecule is CCOc1cnn(CCC(NC)C(N)=O)c1. The van der Waals surface area contributed by atoms with Crippen molar-refractivity contribution in [1.29, 1.82) is 0 Å². The van der Waals surface area contributed by atoms with Crippen LogP contribution in [0, 0.1) is 0 Å². The van der Waals surface area contributed by atoms with Gasteiger partial charge in [0.15, 0.2) is 5.75 Å². The quantitative estimate of drug-likeness (QED) is 0.671. The van der Waals surface area contributed by atoms with Crippen LogP contribution in [-0.4, -0.2) is 35.4 Å². The highest BCUT2D eigenvalue weighted by Gasteiger charge is 2.12. The van der Waals surface area contributed by atoms with Crippen LogP contribution in [0.1, 0.15) is 13.3 Å². The van der Waals surface area contributed by atoms with E-state index in [-0.39, 0.29) is 11.9 Å². The van der Waals surface area contributed by atoms with E-state index in [0.29, 0.717) is 19.6 Å². The molecule has 0 aliphatic carbocycles. The van der Waals surface area contributed by atoms with Crippen LogP contribution >= 0.6 is 0 Å². The lowest BCUT2D eigenvalue weighted by atomic mass is 10.2. The zero-order chi connectivity index (χ0) is 12.0. The van der Waals surface area contributed by atoms with Crippen LogP contribution in [0.3, 0.4) is 0 Å².